The van der Waals surface area contributed by atoms with Crippen LogP contribution in [0.15, 0.2) is 67.1 Å². The highest BCUT2D eigenvalue weighted by molar-refractivity contribution is 6.31. The van der Waals surface area contributed by atoms with Gasteiger partial charge in [0.1, 0.15) is 6.33 Å². The van der Waals surface area contributed by atoms with Crippen LogP contribution in [0.25, 0.3) is 0 Å². The van der Waals surface area contributed by atoms with Crippen molar-refractivity contribution < 1.29 is 5.11 Å². The average molecular weight is 331 g/mol. The molecule has 0 saturated carbocycles. The number of aliphatic hydroxyl groups is 1. The Morgan fingerprint density at radius 2 is 1.64 bits per heavy atom. The second-order valence-corrected chi connectivity index (χ2v) is 5.64. The number of aromatic nitrogens is 2. The van der Waals surface area contributed by atoms with E-state index in [0.717, 1.165) is 0 Å². The Balaban J connectivity index is 2.27. The molecule has 0 fully saturated rings. The first-order valence-electron chi connectivity index (χ1n) is 6.62. The zero-order chi connectivity index (χ0) is 15.6. The Bertz CT molecular complexity index is 778. The molecular formula is C17H12Cl2N2O. The van der Waals surface area contributed by atoms with Crippen LogP contribution in [0.1, 0.15) is 16.8 Å². The normalized spacial score (nSPS) is 13.6. The first kappa shape index (κ1) is 15.0. The lowest BCUT2D eigenvalue weighted by Gasteiger charge is -2.29. The molecule has 3 aromatic rings. The van der Waals surface area contributed by atoms with Gasteiger partial charge in [0.25, 0.3) is 0 Å². The Morgan fingerprint density at radius 1 is 0.909 bits per heavy atom. The van der Waals surface area contributed by atoms with Crippen molar-refractivity contribution in [3.8, 4) is 0 Å². The molecule has 3 rings (SSSR count). The van der Waals surface area contributed by atoms with Gasteiger partial charge in [-0.3, -0.25) is 0 Å². The van der Waals surface area contributed by atoms with Crippen LogP contribution in [-0.2, 0) is 5.60 Å². The van der Waals surface area contributed by atoms with E-state index in [1.54, 1.807) is 48.7 Å². The summed E-state index contributed by atoms with van der Waals surface area (Å²) in [7, 11) is 0. The van der Waals surface area contributed by atoms with E-state index in [0.29, 0.717) is 26.9 Å². The van der Waals surface area contributed by atoms with Crippen molar-refractivity contribution in [3.05, 3.63) is 94.0 Å². The molecule has 1 atom stereocenters. The third-order valence-corrected chi connectivity index (χ3v) is 4.06. The molecular weight excluding hydrogens is 319 g/mol. The molecule has 0 aliphatic carbocycles. The number of halogens is 2. The maximum atomic E-state index is 11.5. The smallest absolute Gasteiger partial charge is 0.158 e. The van der Waals surface area contributed by atoms with Gasteiger partial charge in [0, 0.05) is 21.8 Å². The van der Waals surface area contributed by atoms with Gasteiger partial charge < -0.3 is 5.11 Å². The fourth-order valence-corrected chi connectivity index (χ4v) is 2.79. The van der Waals surface area contributed by atoms with Gasteiger partial charge in [-0.1, -0.05) is 53.5 Å². The molecule has 2 aromatic carbocycles. The third-order valence-electron chi connectivity index (χ3n) is 3.48. The molecule has 110 valence electrons. The van der Waals surface area contributed by atoms with E-state index < -0.39 is 5.60 Å². The summed E-state index contributed by atoms with van der Waals surface area (Å²) in [5, 5.41) is 12.5. The van der Waals surface area contributed by atoms with Crippen LogP contribution >= 0.6 is 23.2 Å². The number of hydrogen-bond acceptors (Lipinski definition) is 3. The Morgan fingerprint density at radius 3 is 2.27 bits per heavy atom. The van der Waals surface area contributed by atoms with Crippen molar-refractivity contribution in [3.63, 3.8) is 0 Å². The van der Waals surface area contributed by atoms with Crippen molar-refractivity contribution in [2.75, 3.05) is 0 Å². The summed E-state index contributed by atoms with van der Waals surface area (Å²) in [6.45, 7) is 0. The fourth-order valence-electron chi connectivity index (χ4n) is 2.39. The standard InChI is InChI=1S/C17H12Cl2N2O/c18-13-7-5-12(6-8-13)17(22,16-9-10-20-11-21-16)14-3-1-2-4-15(14)19/h1-11,22H. The monoisotopic (exact) mass is 330 g/mol. The maximum Gasteiger partial charge on any atom is 0.158 e. The highest BCUT2D eigenvalue weighted by Crippen LogP contribution is 2.39. The molecule has 5 heteroatoms. The van der Waals surface area contributed by atoms with Crippen LogP contribution in [0.3, 0.4) is 0 Å². The van der Waals surface area contributed by atoms with E-state index in [2.05, 4.69) is 9.97 Å². The van der Waals surface area contributed by atoms with Crippen molar-refractivity contribution in [2.45, 2.75) is 5.60 Å². The summed E-state index contributed by atoms with van der Waals surface area (Å²) in [6, 6.07) is 15.8. The lowest BCUT2D eigenvalue weighted by molar-refractivity contribution is 0.121. The molecule has 1 heterocycles. The number of benzene rings is 2. The van der Waals surface area contributed by atoms with Gasteiger partial charge in [-0.25, -0.2) is 9.97 Å². The van der Waals surface area contributed by atoms with E-state index in [1.807, 2.05) is 12.1 Å². The summed E-state index contributed by atoms with van der Waals surface area (Å²) < 4.78 is 0. The predicted molar refractivity (Wildman–Crippen MR) is 87.0 cm³/mol. The molecule has 0 saturated heterocycles. The maximum absolute atomic E-state index is 11.5. The molecule has 1 unspecified atom stereocenters. The SMILES string of the molecule is OC(c1ccc(Cl)cc1)(c1ccncn1)c1ccccc1Cl. The molecule has 0 radical (unpaired) electrons. The summed E-state index contributed by atoms with van der Waals surface area (Å²) in [6.07, 6.45) is 2.98. The van der Waals surface area contributed by atoms with Crippen LogP contribution < -0.4 is 0 Å². The summed E-state index contributed by atoms with van der Waals surface area (Å²) in [5.41, 5.74) is 0.144. The van der Waals surface area contributed by atoms with Crippen molar-refractivity contribution in [1.82, 2.24) is 9.97 Å². The lowest BCUT2D eigenvalue weighted by Crippen LogP contribution is -2.30. The minimum Gasteiger partial charge on any atom is -0.374 e. The predicted octanol–water partition coefficient (Wildman–Crippen LogP) is 4.07. The second-order valence-electron chi connectivity index (χ2n) is 4.79. The zero-order valence-electron chi connectivity index (χ0n) is 11.4. The molecule has 1 aromatic heterocycles. The van der Waals surface area contributed by atoms with Crippen LogP contribution in [0.5, 0.6) is 0 Å². The van der Waals surface area contributed by atoms with Crippen molar-refractivity contribution in [1.29, 1.82) is 0 Å². The summed E-state index contributed by atoms with van der Waals surface area (Å²) >= 11 is 12.3. The number of rotatable bonds is 3. The summed E-state index contributed by atoms with van der Waals surface area (Å²) in [5.74, 6) is 0. The minimum atomic E-state index is -1.48. The van der Waals surface area contributed by atoms with Gasteiger partial charge in [0.05, 0.1) is 5.69 Å². The average Bonchev–Trinajstić information content (AvgIpc) is 2.56. The van der Waals surface area contributed by atoms with Crippen LogP contribution in [0.4, 0.5) is 0 Å². The minimum absolute atomic E-state index is 0.443. The third kappa shape index (κ3) is 2.59. The van der Waals surface area contributed by atoms with Gasteiger partial charge in [-0.15, -0.1) is 0 Å². The summed E-state index contributed by atoms with van der Waals surface area (Å²) in [4.78, 5) is 8.12. The van der Waals surface area contributed by atoms with Crippen LogP contribution in [0.2, 0.25) is 10.0 Å². The molecule has 22 heavy (non-hydrogen) atoms. The highest BCUT2D eigenvalue weighted by Gasteiger charge is 2.36. The Kier molecular flexibility index (Phi) is 4.12. The number of hydrogen-bond donors (Lipinski definition) is 1. The molecule has 0 aliphatic rings. The molecule has 0 bridgehead atoms. The van der Waals surface area contributed by atoms with Crippen molar-refractivity contribution in [2.24, 2.45) is 0 Å². The van der Waals surface area contributed by atoms with E-state index in [4.69, 9.17) is 23.2 Å². The van der Waals surface area contributed by atoms with E-state index >= 15 is 0 Å². The van der Waals surface area contributed by atoms with E-state index in [1.165, 1.54) is 6.33 Å². The second kappa shape index (κ2) is 6.05. The van der Waals surface area contributed by atoms with E-state index in [9.17, 15) is 5.11 Å². The molecule has 0 amide bonds. The largest absolute Gasteiger partial charge is 0.374 e. The molecule has 3 nitrogen and oxygen atoms in total. The zero-order valence-corrected chi connectivity index (χ0v) is 13.0. The first-order chi connectivity index (χ1) is 10.6. The Hall–Kier alpha value is -1.94. The van der Waals surface area contributed by atoms with Crippen molar-refractivity contribution >= 4 is 23.2 Å². The lowest BCUT2D eigenvalue weighted by atomic mass is 9.83. The van der Waals surface area contributed by atoms with Gasteiger partial charge >= 0.3 is 0 Å². The quantitative estimate of drug-likeness (QED) is 0.787. The van der Waals surface area contributed by atoms with Gasteiger partial charge in [0.15, 0.2) is 5.60 Å². The fraction of sp³-hybridized carbons (Fsp3) is 0.0588. The van der Waals surface area contributed by atoms with Gasteiger partial charge in [-0.05, 0) is 29.8 Å². The van der Waals surface area contributed by atoms with Gasteiger partial charge in [-0.2, -0.15) is 0 Å². The first-order valence-corrected chi connectivity index (χ1v) is 7.38. The van der Waals surface area contributed by atoms with Crippen LogP contribution in [-0.4, -0.2) is 15.1 Å². The molecule has 0 aliphatic heterocycles. The number of nitrogens with zero attached hydrogens (tertiary/aromatic N) is 2. The Labute approximate surface area is 138 Å². The van der Waals surface area contributed by atoms with E-state index in [-0.39, 0.29) is 0 Å². The van der Waals surface area contributed by atoms with Crippen LogP contribution in [0, 0.1) is 0 Å². The topological polar surface area (TPSA) is 46.0 Å². The molecule has 0 spiro atoms. The highest BCUT2D eigenvalue weighted by atomic mass is 35.5. The molecule has 1 N–H and O–H groups in total. The van der Waals surface area contributed by atoms with Gasteiger partial charge in [0.2, 0.25) is 0 Å².